The minimum Gasteiger partial charge on any atom is -0.384 e. The maximum absolute atomic E-state index is 4.81. The summed E-state index contributed by atoms with van der Waals surface area (Å²) < 4.78 is 2.34. The van der Waals surface area contributed by atoms with Crippen LogP contribution >= 0.6 is 0 Å². The SMILES string of the molecule is c1ccc2cn(CCCCCCCNc3c4ccccc4nc4ccccc34)cc2c1. The maximum atomic E-state index is 4.81. The molecule has 0 aliphatic rings. The molecule has 0 radical (unpaired) electrons. The Hall–Kier alpha value is -3.33. The number of hydrogen-bond acceptors (Lipinski definition) is 2. The molecular weight excluding hydrogens is 378 g/mol. The molecule has 0 fully saturated rings. The van der Waals surface area contributed by atoms with Crippen LogP contribution in [0.2, 0.25) is 0 Å². The van der Waals surface area contributed by atoms with Gasteiger partial charge in [0.15, 0.2) is 0 Å². The highest BCUT2D eigenvalue weighted by atomic mass is 14.9. The van der Waals surface area contributed by atoms with Crippen molar-refractivity contribution >= 4 is 38.3 Å². The van der Waals surface area contributed by atoms with Crippen LogP contribution in [0.5, 0.6) is 0 Å². The van der Waals surface area contributed by atoms with Crippen LogP contribution < -0.4 is 5.32 Å². The zero-order valence-electron chi connectivity index (χ0n) is 17.9. The molecule has 3 nitrogen and oxygen atoms in total. The molecule has 0 atom stereocenters. The van der Waals surface area contributed by atoms with Crippen molar-refractivity contribution in [2.24, 2.45) is 0 Å². The van der Waals surface area contributed by atoms with E-state index in [1.807, 2.05) is 0 Å². The Balaban J connectivity index is 1.10. The Bertz CT molecular complexity index is 1210. The number of unbranched alkanes of at least 4 members (excludes halogenated alkanes) is 4. The number of para-hydroxylation sites is 2. The first-order valence-corrected chi connectivity index (χ1v) is 11.4. The largest absolute Gasteiger partial charge is 0.384 e. The molecule has 5 aromatic rings. The third kappa shape index (κ3) is 4.41. The smallest absolute Gasteiger partial charge is 0.0730 e. The fraction of sp³-hybridized carbons (Fsp3) is 0.250. The third-order valence-electron chi connectivity index (χ3n) is 6.09. The lowest BCUT2D eigenvalue weighted by atomic mass is 10.1. The number of nitrogens with one attached hydrogen (secondary N) is 1. The van der Waals surface area contributed by atoms with Crippen molar-refractivity contribution in [3.05, 3.63) is 85.2 Å². The van der Waals surface area contributed by atoms with E-state index in [0.717, 1.165) is 24.1 Å². The monoisotopic (exact) mass is 407 g/mol. The van der Waals surface area contributed by atoms with Crippen molar-refractivity contribution in [1.82, 2.24) is 9.55 Å². The number of anilines is 1. The van der Waals surface area contributed by atoms with E-state index in [4.69, 9.17) is 4.98 Å². The molecule has 0 bridgehead atoms. The van der Waals surface area contributed by atoms with Gasteiger partial charge in [0.05, 0.1) is 16.7 Å². The molecule has 3 heteroatoms. The van der Waals surface area contributed by atoms with Crippen LogP contribution in [-0.4, -0.2) is 16.1 Å². The van der Waals surface area contributed by atoms with Gasteiger partial charge < -0.3 is 9.88 Å². The van der Waals surface area contributed by atoms with Crippen LogP contribution in [-0.2, 0) is 6.54 Å². The number of pyridine rings is 1. The van der Waals surface area contributed by atoms with Gasteiger partial charge in [-0.2, -0.15) is 0 Å². The number of fused-ring (bicyclic) bond motifs is 3. The lowest BCUT2D eigenvalue weighted by molar-refractivity contribution is 0.567. The standard InChI is InChI=1S/C28H29N3/c1(3-11-19-31-20-22-12-4-5-13-23(22)21-31)2-10-18-29-28-24-14-6-8-16-26(24)30-27-17-9-7-15-25(27)28/h4-9,12-17,20-21H,1-3,10-11,18-19H2,(H,29,30). The van der Waals surface area contributed by atoms with Crippen molar-refractivity contribution < 1.29 is 0 Å². The minimum atomic E-state index is 1.00. The first-order valence-electron chi connectivity index (χ1n) is 11.4. The first kappa shape index (κ1) is 19.6. The second kappa shape index (κ2) is 9.22. The zero-order valence-corrected chi connectivity index (χ0v) is 17.9. The van der Waals surface area contributed by atoms with Crippen molar-refractivity contribution in [3.8, 4) is 0 Å². The molecule has 5 rings (SSSR count). The summed E-state index contributed by atoms with van der Waals surface area (Å²) in [4.78, 5) is 4.81. The molecule has 0 unspecified atom stereocenters. The molecule has 0 aliphatic carbocycles. The van der Waals surface area contributed by atoms with Crippen molar-refractivity contribution in [3.63, 3.8) is 0 Å². The number of nitrogens with zero attached hydrogens (tertiary/aromatic N) is 2. The Morgan fingerprint density at radius 1 is 0.613 bits per heavy atom. The molecule has 0 aliphatic heterocycles. The maximum Gasteiger partial charge on any atom is 0.0730 e. The number of aromatic nitrogens is 2. The molecule has 3 aromatic carbocycles. The highest BCUT2D eigenvalue weighted by molar-refractivity contribution is 6.07. The van der Waals surface area contributed by atoms with E-state index in [1.54, 1.807) is 0 Å². The molecule has 156 valence electrons. The quantitative estimate of drug-likeness (QED) is 0.204. The summed E-state index contributed by atoms with van der Waals surface area (Å²) in [6, 6.07) is 25.4. The van der Waals surface area contributed by atoms with E-state index in [1.165, 1.54) is 59.3 Å². The van der Waals surface area contributed by atoms with Crippen molar-refractivity contribution in [2.45, 2.75) is 38.6 Å². The lowest BCUT2D eigenvalue weighted by Crippen LogP contribution is -2.03. The second-order valence-electron chi connectivity index (χ2n) is 8.34. The van der Waals surface area contributed by atoms with Crippen LogP contribution in [0, 0.1) is 0 Å². The average Bonchev–Trinajstić information content (AvgIpc) is 3.23. The van der Waals surface area contributed by atoms with Gasteiger partial charge in [-0.3, -0.25) is 0 Å². The van der Waals surface area contributed by atoms with Crippen LogP contribution in [0.4, 0.5) is 5.69 Å². The van der Waals surface area contributed by atoms with E-state index in [-0.39, 0.29) is 0 Å². The lowest BCUT2D eigenvalue weighted by Gasteiger charge is -2.13. The predicted molar refractivity (Wildman–Crippen MR) is 133 cm³/mol. The van der Waals surface area contributed by atoms with Crippen LogP contribution in [0.3, 0.4) is 0 Å². The van der Waals surface area contributed by atoms with Gasteiger partial charge in [-0.25, -0.2) is 4.98 Å². The molecule has 0 saturated carbocycles. The highest BCUT2D eigenvalue weighted by Gasteiger charge is 2.07. The van der Waals surface area contributed by atoms with Crippen molar-refractivity contribution in [1.29, 1.82) is 0 Å². The van der Waals surface area contributed by atoms with Gasteiger partial charge in [-0.15, -0.1) is 0 Å². The number of hydrogen-bond donors (Lipinski definition) is 1. The van der Waals surface area contributed by atoms with Gasteiger partial charge in [0.2, 0.25) is 0 Å². The minimum absolute atomic E-state index is 1.00. The molecule has 0 saturated heterocycles. The summed E-state index contributed by atoms with van der Waals surface area (Å²) in [6.45, 7) is 2.11. The molecule has 1 N–H and O–H groups in total. The molecule has 31 heavy (non-hydrogen) atoms. The van der Waals surface area contributed by atoms with E-state index in [9.17, 15) is 0 Å². The summed E-state index contributed by atoms with van der Waals surface area (Å²) in [5.41, 5.74) is 3.34. The molecule has 2 aromatic heterocycles. The van der Waals surface area contributed by atoms with E-state index in [0.29, 0.717) is 0 Å². The second-order valence-corrected chi connectivity index (χ2v) is 8.34. The molecule has 2 heterocycles. The zero-order chi connectivity index (χ0) is 20.9. The summed E-state index contributed by atoms with van der Waals surface area (Å²) in [5.74, 6) is 0. The Labute approximate surface area is 183 Å². The topological polar surface area (TPSA) is 29.9 Å². The van der Waals surface area contributed by atoms with Gasteiger partial charge >= 0.3 is 0 Å². The molecular formula is C28H29N3. The van der Waals surface area contributed by atoms with Gasteiger partial charge in [0.1, 0.15) is 0 Å². The summed E-state index contributed by atoms with van der Waals surface area (Å²) in [5, 5.41) is 8.81. The average molecular weight is 408 g/mol. The Morgan fingerprint density at radius 3 is 1.84 bits per heavy atom. The normalized spacial score (nSPS) is 11.5. The number of benzene rings is 3. The van der Waals surface area contributed by atoms with Crippen LogP contribution in [0.1, 0.15) is 32.1 Å². The number of rotatable bonds is 9. The third-order valence-corrected chi connectivity index (χ3v) is 6.09. The van der Waals surface area contributed by atoms with E-state index < -0.39 is 0 Å². The van der Waals surface area contributed by atoms with Gasteiger partial charge in [-0.05, 0) is 35.7 Å². The van der Waals surface area contributed by atoms with Crippen LogP contribution in [0.15, 0.2) is 85.2 Å². The van der Waals surface area contributed by atoms with Gasteiger partial charge in [-0.1, -0.05) is 79.9 Å². The van der Waals surface area contributed by atoms with E-state index in [2.05, 4.69) is 95.1 Å². The number of aryl methyl sites for hydroxylation is 1. The van der Waals surface area contributed by atoms with Gasteiger partial charge in [0.25, 0.3) is 0 Å². The van der Waals surface area contributed by atoms with E-state index >= 15 is 0 Å². The predicted octanol–water partition coefficient (Wildman–Crippen LogP) is 7.41. The van der Waals surface area contributed by atoms with Crippen molar-refractivity contribution in [2.75, 3.05) is 11.9 Å². The van der Waals surface area contributed by atoms with Gasteiger partial charge in [0, 0.05) is 36.3 Å². The first-order chi connectivity index (χ1) is 15.4. The fourth-order valence-corrected chi connectivity index (χ4v) is 4.46. The molecule has 0 amide bonds. The summed E-state index contributed by atoms with van der Waals surface area (Å²) >= 11 is 0. The fourth-order valence-electron chi connectivity index (χ4n) is 4.46. The highest BCUT2D eigenvalue weighted by Crippen LogP contribution is 2.30. The summed E-state index contributed by atoms with van der Waals surface area (Å²) in [6.07, 6.45) is 10.8. The van der Waals surface area contributed by atoms with Crippen LogP contribution in [0.25, 0.3) is 32.6 Å². The Kier molecular flexibility index (Phi) is 5.83. The summed E-state index contributed by atoms with van der Waals surface area (Å²) in [7, 11) is 0. The molecule has 0 spiro atoms. The Morgan fingerprint density at radius 2 is 1.16 bits per heavy atom.